The van der Waals surface area contributed by atoms with Crippen LogP contribution in [-0.2, 0) is 24.9 Å². The molecule has 2 heterocycles. The van der Waals surface area contributed by atoms with Crippen molar-refractivity contribution in [2.75, 3.05) is 0 Å². The van der Waals surface area contributed by atoms with Crippen molar-refractivity contribution in [1.82, 2.24) is 4.98 Å². The number of nitrogens with zero attached hydrogens (tertiary/aromatic N) is 1. The maximum absolute atomic E-state index is 11.8. The van der Waals surface area contributed by atoms with E-state index in [9.17, 15) is 9.90 Å². The Kier molecular flexibility index (Phi) is 10.3. The molecule has 32 heavy (non-hydrogen) atoms. The molecule has 6 heteroatoms. The summed E-state index contributed by atoms with van der Waals surface area (Å²) in [7, 11) is 0. The maximum Gasteiger partial charge on any atom is 0.220 e. The Hall–Kier alpha value is -2.43. The summed E-state index contributed by atoms with van der Waals surface area (Å²) in [5.74, 6) is 1.34. The minimum Gasteiger partial charge on any atom is -0.512 e. The average Bonchev–Trinajstić information content (AvgIpc) is 3.22. The molecule has 1 N–H and O–H groups in total. The summed E-state index contributed by atoms with van der Waals surface area (Å²) in [6.07, 6.45) is 6.34. The minimum absolute atomic E-state index is 0. The Labute approximate surface area is 204 Å². The quantitative estimate of drug-likeness (QED) is 0.172. The predicted octanol–water partition coefficient (Wildman–Crippen LogP) is 7.29. The Morgan fingerprint density at radius 3 is 2.44 bits per heavy atom. The molecule has 1 radical (unpaired) electrons. The number of carbonyl (C=O) groups is 1. The van der Waals surface area contributed by atoms with Gasteiger partial charge in [0.2, 0.25) is 5.88 Å². The summed E-state index contributed by atoms with van der Waals surface area (Å²) < 4.78 is 10.8. The number of rotatable bonds is 7. The van der Waals surface area contributed by atoms with Crippen LogP contribution >= 0.6 is 0 Å². The largest absolute Gasteiger partial charge is 0.512 e. The van der Waals surface area contributed by atoms with Gasteiger partial charge in [0.25, 0.3) is 0 Å². The van der Waals surface area contributed by atoms with E-state index >= 15 is 0 Å². The third-order valence-electron chi connectivity index (χ3n) is 5.60. The first-order chi connectivity index (χ1) is 14.6. The summed E-state index contributed by atoms with van der Waals surface area (Å²) in [6, 6.07) is 14.0. The topological polar surface area (TPSA) is 72.6 Å². The fourth-order valence-corrected chi connectivity index (χ4v) is 2.32. The number of para-hydroxylation sites is 1. The monoisotopic (exact) mass is 615 g/mol. The van der Waals surface area contributed by atoms with E-state index in [0.29, 0.717) is 11.6 Å². The molecule has 0 saturated carbocycles. The van der Waals surface area contributed by atoms with Crippen LogP contribution in [0.25, 0.3) is 11.0 Å². The smallest absolute Gasteiger partial charge is 0.220 e. The summed E-state index contributed by atoms with van der Waals surface area (Å²) >= 11 is 0. The molecule has 2 aromatic heterocycles. The first-order valence-corrected chi connectivity index (χ1v) is 10.5. The van der Waals surface area contributed by atoms with E-state index in [4.69, 9.17) is 9.15 Å². The molecule has 175 valence electrons. The van der Waals surface area contributed by atoms with E-state index < -0.39 is 0 Å². The van der Waals surface area contributed by atoms with Gasteiger partial charge in [0.1, 0.15) is 11.3 Å². The van der Waals surface area contributed by atoms with Gasteiger partial charge in [0.05, 0.1) is 6.26 Å². The molecule has 0 unspecified atom stereocenters. The van der Waals surface area contributed by atoms with Crippen LogP contribution in [0, 0.1) is 16.9 Å². The number of furan rings is 1. The summed E-state index contributed by atoms with van der Waals surface area (Å²) in [5, 5.41) is 10.8. The number of aliphatic hydroxyl groups is 1. The first kappa shape index (κ1) is 27.6. The molecule has 0 spiro atoms. The van der Waals surface area contributed by atoms with Crippen molar-refractivity contribution in [3.63, 3.8) is 0 Å². The van der Waals surface area contributed by atoms with Crippen LogP contribution in [-0.4, -0.2) is 15.9 Å². The normalized spacial score (nSPS) is 11.9. The molecule has 0 aliphatic heterocycles. The molecule has 0 amide bonds. The Morgan fingerprint density at radius 1 is 1.16 bits per heavy atom. The van der Waals surface area contributed by atoms with Crippen molar-refractivity contribution in [2.24, 2.45) is 10.8 Å². The van der Waals surface area contributed by atoms with Gasteiger partial charge in [-0.2, -0.15) is 18.2 Å². The number of fused-ring (bicyclic) bond motifs is 1. The van der Waals surface area contributed by atoms with Gasteiger partial charge >= 0.3 is 0 Å². The van der Waals surface area contributed by atoms with Crippen molar-refractivity contribution >= 4 is 16.8 Å². The molecule has 0 atom stereocenters. The van der Waals surface area contributed by atoms with Crippen molar-refractivity contribution in [3.8, 4) is 11.6 Å². The van der Waals surface area contributed by atoms with Crippen molar-refractivity contribution < 1.29 is 39.2 Å². The second-order valence-electron chi connectivity index (χ2n) is 8.68. The third kappa shape index (κ3) is 7.61. The van der Waals surface area contributed by atoms with Crippen LogP contribution in [0.3, 0.4) is 0 Å². The van der Waals surface area contributed by atoms with Gasteiger partial charge in [-0.1, -0.05) is 41.5 Å². The van der Waals surface area contributed by atoms with Gasteiger partial charge in [0.15, 0.2) is 5.78 Å². The van der Waals surface area contributed by atoms with Gasteiger partial charge in [0, 0.05) is 60.4 Å². The zero-order valence-corrected chi connectivity index (χ0v) is 22.0. The maximum atomic E-state index is 11.8. The van der Waals surface area contributed by atoms with E-state index in [1.54, 1.807) is 24.6 Å². The number of carbonyl (C=O) groups excluding carboxylic acids is 1. The molecule has 3 aromatic rings. The second kappa shape index (κ2) is 12.0. The molecular weight excluding hydrogens is 583 g/mol. The Balaban J connectivity index is 0.000000312. The van der Waals surface area contributed by atoms with Gasteiger partial charge in [-0.25, -0.2) is 4.98 Å². The number of benzene rings is 1. The number of allylic oxidation sites excluding steroid dienone is 2. The van der Waals surface area contributed by atoms with Crippen LogP contribution in [0.5, 0.6) is 11.6 Å². The molecule has 0 saturated heterocycles. The molecule has 0 fully saturated rings. The fourth-order valence-electron chi connectivity index (χ4n) is 2.32. The summed E-state index contributed by atoms with van der Waals surface area (Å²) in [4.78, 5) is 16.0. The third-order valence-corrected chi connectivity index (χ3v) is 5.60. The molecule has 0 aliphatic rings. The Bertz CT molecular complexity index is 1020. The van der Waals surface area contributed by atoms with Crippen LogP contribution in [0.2, 0.25) is 0 Å². The summed E-state index contributed by atoms with van der Waals surface area (Å²) in [5.41, 5.74) is 0.0815. The number of aromatic nitrogens is 1. The first-order valence-electron chi connectivity index (χ1n) is 10.5. The fraction of sp³-hybridized carbons (Fsp3) is 0.385. The molecule has 3 rings (SSSR count). The second-order valence-corrected chi connectivity index (χ2v) is 8.68. The number of hydrogen-bond acceptors (Lipinski definition) is 5. The van der Waals surface area contributed by atoms with Gasteiger partial charge in [-0.3, -0.25) is 4.79 Å². The van der Waals surface area contributed by atoms with Crippen LogP contribution in [0.1, 0.15) is 54.4 Å². The SMILES string of the molecule is CCC(C)(C)C(=O)/C=C(\O)C(C)(C)CC.[Ir].[c-]1ccccc1Oc1cc2occc2cn1. The van der Waals surface area contributed by atoms with E-state index in [1.165, 1.54) is 6.08 Å². The molecule has 5 nitrogen and oxygen atoms in total. The van der Waals surface area contributed by atoms with Crippen LogP contribution < -0.4 is 4.74 Å². The van der Waals surface area contributed by atoms with Crippen LogP contribution in [0.15, 0.2) is 65.1 Å². The van der Waals surface area contributed by atoms with Gasteiger partial charge in [-0.15, -0.1) is 12.1 Å². The van der Waals surface area contributed by atoms with Gasteiger partial charge < -0.3 is 14.3 Å². The number of aliphatic hydroxyl groups excluding tert-OH is 1. The van der Waals surface area contributed by atoms with E-state index in [0.717, 1.165) is 23.8 Å². The zero-order chi connectivity index (χ0) is 23.1. The molecule has 1 aromatic carbocycles. The van der Waals surface area contributed by atoms with E-state index in [2.05, 4.69) is 11.1 Å². The summed E-state index contributed by atoms with van der Waals surface area (Å²) in [6.45, 7) is 11.7. The molecular formula is C26H32IrNO4-. The van der Waals surface area contributed by atoms with Crippen LogP contribution in [0.4, 0.5) is 0 Å². The number of ketones is 1. The molecule has 0 bridgehead atoms. The number of ether oxygens (including phenoxy) is 1. The average molecular weight is 615 g/mol. The van der Waals surface area contributed by atoms with Crippen molar-refractivity contribution in [1.29, 1.82) is 0 Å². The zero-order valence-electron chi connectivity index (χ0n) is 19.6. The predicted molar refractivity (Wildman–Crippen MR) is 123 cm³/mol. The molecule has 0 aliphatic carbocycles. The van der Waals surface area contributed by atoms with Crippen molar-refractivity contribution in [3.05, 3.63) is 66.8 Å². The minimum atomic E-state index is -0.377. The van der Waals surface area contributed by atoms with E-state index in [-0.39, 0.29) is 42.5 Å². The standard InChI is InChI=1S/C13H8NO2.C13H24O2.Ir/c1-2-4-11(5-3-1)16-13-8-12-10(9-14-13)6-7-15-12;1-7-12(3,4)10(14)9-11(15)13(5,6)8-2;/h1-4,6-9H;9,14H,7-8H2,1-6H3;/q-1;;/b;10-9-;. The van der Waals surface area contributed by atoms with Gasteiger partial charge in [-0.05, 0) is 18.9 Å². The Morgan fingerprint density at radius 2 is 1.84 bits per heavy atom. The van der Waals surface area contributed by atoms with Crippen molar-refractivity contribution in [2.45, 2.75) is 54.4 Å². The number of hydrogen-bond donors (Lipinski definition) is 1. The van der Waals surface area contributed by atoms with E-state index in [1.807, 2.05) is 65.8 Å². The number of pyridine rings is 1.